The molecule has 16 heavy (non-hydrogen) atoms. The smallest absolute Gasteiger partial charge is 0.338 e. The van der Waals surface area contributed by atoms with E-state index in [1.807, 2.05) is 6.07 Å². The Morgan fingerprint density at radius 2 is 2.06 bits per heavy atom. The molecule has 0 bridgehead atoms. The van der Waals surface area contributed by atoms with Gasteiger partial charge in [0.25, 0.3) is 0 Å². The van der Waals surface area contributed by atoms with Crippen LogP contribution in [0.3, 0.4) is 0 Å². The molecule has 5 heteroatoms. The minimum absolute atomic E-state index is 0. The third kappa shape index (κ3) is 3.10. The highest BCUT2D eigenvalue weighted by Crippen LogP contribution is 2.03. The Bertz CT molecular complexity index is 429. The first kappa shape index (κ1) is 12.3. The molecule has 4 nitrogen and oxygen atoms in total. The molecule has 0 aliphatic heterocycles. The van der Waals surface area contributed by atoms with Gasteiger partial charge in [0.2, 0.25) is 0 Å². The average Bonchev–Trinajstić information content (AvgIpc) is 2.80. The lowest BCUT2D eigenvalue weighted by Gasteiger charge is -2.02. The summed E-state index contributed by atoms with van der Waals surface area (Å²) in [7, 11) is 0. The molecule has 0 aliphatic rings. The molecule has 0 unspecified atom stereocenters. The van der Waals surface area contributed by atoms with Crippen molar-refractivity contribution in [3.63, 3.8) is 0 Å². The number of rotatable bonds is 3. The molecule has 1 aromatic carbocycles. The summed E-state index contributed by atoms with van der Waals surface area (Å²) in [5.41, 5.74) is 1.33. The third-order valence-corrected chi connectivity index (χ3v) is 1.92. The van der Waals surface area contributed by atoms with Crippen molar-refractivity contribution in [3.8, 4) is 0 Å². The maximum atomic E-state index is 11.5. The second kappa shape index (κ2) is 5.92. The van der Waals surface area contributed by atoms with Crippen molar-refractivity contribution in [3.05, 3.63) is 54.1 Å². The van der Waals surface area contributed by atoms with Crippen LogP contribution in [0, 0.1) is 0 Å². The molecule has 1 heterocycles. The number of halogens is 1. The number of esters is 1. The predicted octanol–water partition coefficient (Wildman–Crippen LogP) is 2.19. The Hall–Kier alpha value is -1.81. The molecule has 0 fully saturated rings. The fraction of sp³-hybridized carbons (Fsp3) is 0.0909. The summed E-state index contributed by atoms with van der Waals surface area (Å²) in [6.07, 6.45) is 3.17. The highest BCUT2D eigenvalue weighted by atomic mass is 35.5. The maximum absolute atomic E-state index is 11.5. The zero-order chi connectivity index (χ0) is 10.5. The second-order valence-electron chi connectivity index (χ2n) is 3.02. The molecule has 1 aromatic heterocycles. The van der Waals surface area contributed by atoms with Gasteiger partial charge in [-0.05, 0) is 12.1 Å². The van der Waals surface area contributed by atoms with E-state index in [1.165, 1.54) is 0 Å². The topological polar surface area (TPSA) is 55.0 Å². The van der Waals surface area contributed by atoms with Gasteiger partial charge in [0.15, 0.2) is 0 Å². The maximum Gasteiger partial charge on any atom is 0.338 e. The van der Waals surface area contributed by atoms with Gasteiger partial charge in [-0.25, -0.2) is 9.78 Å². The minimum Gasteiger partial charge on any atom is -0.456 e. The van der Waals surface area contributed by atoms with Crippen molar-refractivity contribution in [1.82, 2.24) is 9.97 Å². The van der Waals surface area contributed by atoms with Gasteiger partial charge in [-0.1, -0.05) is 18.2 Å². The number of imidazole rings is 1. The summed E-state index contributed by atoms with van der Waals surface area (Å²) in [4.78, 5) is 18.2. The van der Waals surface area contributed by atoms with E-state index in [9.17, 15) is 4.79 Å². The number of nitrogens with one attached hydrogen (secondary N) is 1. The number of benzene rings is 1. The monoisotopic (exact) mass is 238 g/mol. The average molecular weight is 239 g/mol. The number of H-pyrrole nitrogens is 1. The van der Waals surface area contributed by atoms with Crippen LogP contribution >= 0.6 is 12.4 Å². The van der Waals surface area contributed by atoms with Gasteiger partial charge in [0, 0.05) is 0 Å². The highest BCUT2D eigenvalue weighted by Gasteiger charge is 2.05. The lowest BCUT2D eigenvalue weighted by molar-refractivity contribution is 0.0468. The predicted molar refractivity (Wildman–Crippen MR) is 61.4 cm³/mol. The molecule has 1 N–H and O–H groups in total. The molecule has 0 saturated heterocycles. The Labute approximate surface area is 99.1 Å². The normalized spacial score (nSPS) is 9.25. The summed E-state index contributed by atoms with van der Waals surface area (Å²) >= 11 is 0. The van der Waals surface area contributed by atoms with Gasteiger partial charge >= 0.3 is 5.97 Å². The van der Waals surface area contributed by atoms with E-state index >= 15 is 0 Å². The molecule has 0 saturated carbocycles. The molecule has 2 rings (SSSR count). The van der Waals surface area contributed by atoms with Crippen LogP contribution in [-0.4, -0.2) is 15.9 Å². The molecule has 84 valence electrons. The molecule has 0 radical (unpaired) electrons. The van der Waals surface area contributed by atoms with E-state index in [2.05, 4.69) is 9.97 Å². The first-order chi connectivity index (χ1) is 7.36. The number of hydrogen-bond acceptors (Lipinski definition) is 3. The van der Waals surface area contributed by atoms with E-state index in [-0.39, 0.29) is 25.0 Å². The third-order valence-electron chi connectivity index (χ3n) is 1.92. The minimum atomic E-state index is -0.329. The van der Waals surface area contributed by atoms with Crippen LogP contribution in [0.15, 0.2) is 42.9 Å². The Balaban J connectivity index is 0.00000128. The molecule has 0 spiro atoms. The van der Waals surface area contributed by atoms with Crippen molar-refractivity contribution >= 4 is 18.4 Å². The van der Waals surface area contributed by atoms with Crippen molar-refractivity contribution in [2.45, 2.75) is 6.61 Å². The summed E-state index contributed by atoms with van der Waals surface area (Å²) in [5.74, 6) is -0.329. The lowest BCUT2D eigenvalue weighted by Crippen LogP contribution is -2.04. The number of hydrogen-bond donors (Lipinski definition) is 1. The molecule has 0 amide bonds. The SMILES string of the molecule is Cl.O=C(OCc1cnc[nH]1)c1ccccc1. The van der Waals surface area contributed by atoms with Gasteiger partial charge < -0.3 is 9.72 Å². The number of carbonyl (C=O) groups is 1. The number of carbonyl (C=O) groups excluding carboxylic acids is 1. The van der Waals surface area contributed by atoms with Crippen LogP contribution < -0.4 is 0 Å². The lowest BCUT2D eigenvalue weighted by atomic mass is 10.2. The van der Waals surface area contributed by atoms with Gasteiger partial charge in [-0.15, -0.1) is 12.4 Å². The standard InChI is InChI=1S/C11H10N2O2.ClH/c14-11(9-4-2-1-3-5-9)15-7-10-6-12-8-13-10;/h1-6,8H,7H2,(H,12,13);1H. The van der Waals surface area contributed by atoms with Crippen LogP contribution in [0.25, 0.3) is 0 Å². The first-order valence-electron chi connectivity index (χ1n) is 4.55. The summed E-state index contributed by atoms with van der Waals surface area (Å²) in [6, 6.07) is 8.88. The van der Waals surface area contributed by atoms with E-state index in [0.29, 0.717) is 5.56 Å². The Kier molecular flexibility index (Phi) is 4.54. The number of ether oxygens (including phenoxy) is 1. The molecule has 0 atom stereocenters. The largest absolute Gasteiger partial charge is 0.456 e. The molecule has 2 aromatic rings. The summed E-state index contributed by atoms with van der Waals surface area (Å²) in [5, 5.41) is 0. The Morgan fingerprint density at radius 3 is 2.69 bits per heavy atom. The molecule has 0 aliphatic carbocycles. The number of aromatic amines is 1. The van der Waals surface area contributed by atoms with Crippen LogP contribution in [0.4, 0.5) is 0 Å². The highest BCUT2D eigenvalue weighted by molar-refractivity contribution is 5.89. The zero-order valence-electron chi connectivity index (χ0n) is 8.42. The fourth-order valence-corrected chi connectivity index (χ4v) is 1.16. The van der Waals surface area contributed by atoms with Gasteiger partial charge in [-0.2, -0.15) is 0 Å². The van der Waals surface area contributed by atoms with Gasteiger partial charge in [0.05, 0.1) is 23.8 Å². The first-order valence-corrected chi connectivity index (χ1v) is 4.55. The second-order valence-corrected chi connectivity index (χ2v) is 3.02. The van der Waals surface area contributed by atoms with E-state index in [4.69, 9.17) is 4.74 Å². The summed E-state index contributed by atoms with van der Waals surface area (Å²) in [6.45, 7) is 0.216. The van der Waals surface area contributed by atoms with Crippen molar-refractivity contribution in [2.75, 3.05) is 0 Å². The van der Waals surface area contributed by atoms with E-state index in [0.717, 1.165) is 5.69 Å². The van der Waals surface area contributed by atoms with Crippen molar-refractivity contribution < 1.29 is 9.53 Å². The van der Waals surface area contributed by atoms with Crippen LogP contribution in [0.2, 0.25) is 0 Å². The van der Waals surface area contributed by atoms with E-state index in [1.54, 1.807) is 36.8 Å². The number of nitrogens with zero attached hydrogens (tertiary/aromatic N) is 1. The van der Waals surface area contributed by atoms with Gasteiger partial charge in [-0.3, -0.25) is 0 Å². The number of aromatic nitrogens is 2. The van der Waals surface area contributed by atoms with Crippen LogP contribution in [-0.2, 0) is 11.3 Å². The van der Waals surface area contributed by atoms with Gasteiger partial charge in [0.1, 0.15) is 6.61 Å². The quantitative estimate of drug-likeness (QED) is 0.834. The van der Waals surface area contributed by atoms with Crippen molar-refractivity contribution in [2.24, 2.45) is 0 Å². The molecular weight excluding hydrogens is 228 g/mol. The van der Waals surface area contributed by atoms with E-state index < -0.39 is 0 Å². The Morgan fingerprint density at radius 1 is 1.31 bits per heavy atom. The van der Waals surface area contributed by atoms with Crippen molar-refractivity contribution in [1.29, 1.82) is 0 Å². The summed E-state index contributed by atoms with van der Waals surface area (Å²) < 4.78 is 5.06. The zero-order valence-corrected chi connectivity index (χ0v) is 9.24. The van der Waals surface area contributed by atoms with Crippen LogP contribution in [0.5, 0.6) is 0 Å². The van der Waals surface area contributed by atoms with Crippen LogP contribution in [0.1, 0.15) is 16.1 Å². The fourth-order valence-electron chi connectivity index (χ4n) is 1.16. The molecular formula is C11H11ClN2O2.